The molecule has 4 nitrogen and oxygen atoms in total. The van der Waals surface area contributed by atoms with Gasteiger partial charge in [-0.25, -0.2) is 4.98 Å². The summed E-state index contributed by atoms with van der Waals surface area (Å²) in [7, 11) is 0. The molecular formula is C20H25N3O. The van der Waals surface area contributed by atoms with Crippen molar-refractivity contribution in [3.05, 3.63) is 42.4 Å². The summed E-state index contributed by atoms with van der Waals surface area (Å²) in [5, 5.41) is 3.08. The van der Waals surface area contributed by atoms with Crippen molar-refractivity contribution >= 4 is 5.91 Å². The highest BCUT2D eigenvalue weighted by Gasteiger charge is 2.27. The summed E-state index contributed by atoms with van der Waals surface area (Å²) >= 11 is 0. The number of fused-ring (bicyclic) bond motifs is 1. The lowest BCUT2D eigenvalue weighted by molar-refractivity contribution is -0.121. The number of benzene rings is 1. The number of nitrogens with zero attached hydrogens (tertiary/aromatic N) is 2. The summed E-state index contributed by atoms with van der Waals surface area (Å²) in [6.07, 6.45) is 9.94. The Labute approximate surface area is 143 Å². The molecule has 1 aliphatic heterocycles. The Kier molecular flexibility index (Phi) is 4.37. The van der Waals surface area contributed by atoms with Crippen LogP contribution in [0.4, 0.5) is 0 Å². The molecule has 24 heavy (non-hydrogen) atoms. The normalized spacial score (nSPS) is 21.8. The van der Waals surface area contributed by atoms with Crippen molar-refractivity contribution in [3.63, 3.8) is 0 Å². The van der Waals surface area contributed by atoms with Crippen molar-refractivity contribution in [2.45, 2.75) is 51.0 Å². The third-order valence-electron chi connectivity index (χ3n) is 5.44. The molecule has 4 rings (SSSR count). The maximum atomic E-state index is 12.1. The molecule has 126 valence electrons. The first kappa shape index (κ1) is 15.4. The van der Waals surface area contributed by atoms with E-state index in [1.54, 1.807) is 0 Å². The van der Waals surface area contributed by atoms with Gasteiger partial charge in [-0.3, -0.25) is 4.79 Å². The van der Waals surface area contributed by atoms with Gasteiger partial charge in [0.2, 0.25) is 5.91 Å². The van der Waals surface area contributed by atoms with E-state index in [2.05, 4.69) is 22.0 Å². The molecule has 1 N–H and O–H groups in total. The quantitative estimate of drug-likeness (QED) is 0.935. The fraction of sp³-hybridized carbons (Fsp3) is 0.500. The number of imidazole rings is 1. The Hall–Kier alpha value is -2.10. The van der Waals surface area contributed by atoms with Gasteiger partial charge in [-0.15, -0.1) is 0 Å². The number of rotatable bonds is 3. The van der Waals surface area contributed by atoms with E-state index in [1.807, 2.05) is 24.4 Å². The van der Waals surface area contributed by atoms with E-state index < -0.39 is 0 Å². The zero-order valence-electron chi connectivity index (χ0n) is 14.1. The van der Waals surface area contributed by atoms with Crippen molar-refractivity contribution in [1.29, 1.82) is 0 Å². The maximum absolute atomic E-state index is 12.1. The monoisotopic (exact) mass is 323 g/mol. The second kappa shape index (κ2) is 6.80. The van der Waals surface area contributed by atoms with Crippen LogP contribution in [0.3, 0.4) is 0 Å². The van der Waals surface area contributed by atoms with Gasteiger partial charge in [0, 0.05) is 24.2 Å². The molecule has 1 aromatic heterocycles. The zero-order valence-corrected chi connectivity index (χ0v) is 14.1. The molecule has 0 unspecified atom stereocenters. The summed E-state index contributed by atoms with van der Waals surface area (Å²) in [5.74, 6) is 2.29. The van der Waals surface area contributed by atoms with Crippen LogP contribution in [0, 0.1) is 5.92 Å². The van der Waals surface area contributed by atoms with E-state index >= 15 is 0 Å². The summed E-state index contributed by atoms with van der Waals surface area (Å²) in [6.45, 7) is 1.11. The third-order valence-corrected chi connectivity index (χ3v) is 5.44. The first-order valence-electron chi connectivity index (χ1n) is 9.19. The molecule has 2 aliphatic rings. The molecule has 0 spiro atoms. The van der Waals surface area contributed by atoms with Gasteiger partial charge in [0.1, 0.15) is 12.4 Å². The van der Waals surface area contributed by atoms with E-state index in [4.69, 9.17) is 4.98 Å². The number of carbonyl (C=O) groups is 1. The van der Waals surface area contributed by atoms with E-state index in [9.17, 15) is 4.79 Å². The van der Waals surface area contributed by atoms with Gasteiger partial charge >= 0.3 is 0 Å². The Morgan fingerprint density at radius 1 is 1.12 bits per heavy atom. The first-order chi connectivity index (χ1) is 11.8. The van der Waals surface area contributed by atoms with Gasteiger partial charge < -0.3 is 9.88 Å². The first-order valence-corrected chi connectivity index (χ1v) is 9.19. The summed E-state index contributed by atoms with van der Waals surface area (Å²) in [4.78, 5) is 17.0. The SMILES string of the molecule is O=C1Cn2cc(-c3ccccc3)nc2[C@H](CC2CCCCC2)CN1. The second-order valence-electron chi connectivity index (χ2n) is 7.22. The molecule has 0 radical (unpaired) electrons. The van der Waals surface area contributed by atoms with Crippen LogP contribution < -0.4 is 5.32 Å². The minimum atomic E-state index is 0.0967. The van der Waals surface area contributed by atoms with Crippen LogP contribution in [0.25, 0.3) is 11.3 Å². The van der Waals surface area contributed by atoms with Gasteiger partial charge in [0.05, 0.1) is 5.69 Å². The number of amides is 1. The topological polar surface area (TPSA) is 46.9 Å². The Morgan fingerprint density at radius 2 is 1.92 bits per heavy atom. The molecule has 2 aromatic rings. The summed E-state index contributed by atoms with van der Waals surface area (Å²) in [5.41, 5.74) is 2.10. The minimum absolute atomic E-state index is 0.0967. The van der Waals surface area contributed by atoms with Crippen molar-refractivity contribution in [3.8, 4) is 11.3 Å². The standard InChI is InChI=1S/C20H25N3O/c24-19-14-23-13-18(16-9-5-2-6-10-16)22-20(23)17(12-21-19)11-15-7-3-1-4-8-15/h2,5-6,9-10,13,15,17H,1,3-4,7-8,11-12,14H2,(H,21,24)/t17-/m1/s1. The Bertz CT molecular complexity index is 701. The van der Waals surface area contributed by atoms with Crippen LogP contribution in [0.5, 0.6) is 0 Å². The average Bonchev–Trinajstić information content (AvgIpc) is 2.98. The largest absolute Gasteiger partial charge is 0.354 e. The van der Waals surface area contributed by atoms with Crippen molar-refractivity contribution in [1.82, 2.24) is 14.9 Å². The average molecular weight is 323 g/mol. The highest BCUT2D eigenvalue weighted by molar-refractivity contribution is 5.76. The Morgan fingerprint density at radius 3 is 2.71 bits per heavy atom. The lowest BCUT2D eigenvalue weighted by Crippen LogP contribution is -2.28. The number of aromatic nitrogens is 2. The predicted octanol–water partition coefficient (Wildman–Crippen LogP) is 3.73. The lowest BCUT2D eigenvalue weighted by Gasteiger charge is -2.25. The number of hydrogen-bond donors (Lipinski definition) is 1. The number of hydrogen-bond acceptors (Lipinski definition) is 2. The molecule has 2 heterocycles. The van der Waals surface area contributed by atoms with Gasteiger partial charge in [-0.05, 0) is 12.3 Å². The van der Waals surface area contributed by atoms with Crippen LogP contribution >= 0.6 is 0 Å². The molecule has 1 saturated carbocycles. The fourth-order valence-corrected chi connectivity index (χ4v) is 4.18. The lowest BCUT2D eigenvalue weighted by atomic mass is 9.82. The predicted molar refractivity (Wildman–Crippen MR) is 94.6 cm³/mol. The number of nitrogens with one attached hydrogen (secondary N) is 1. The van der Waals surface area contributed by atoms with Crippen LogP contribution in [0.15, 0.2) is 36.5 Å². The fourth-order valence-electron chi connectivity index (χ4n) is 4.18. The van der Waals surface area contributed by atoms with Gasteiger partial charge in [0.25, 0.3) is 0 Å². The van der Waals surface area contributed by atoms with Crippen LogP contribution in [0.2, 0.25) is 0 Å². The maximum Gasteiger partial charge on any atom is 0.240 e. The molecule has 1 fully saturated rings. The van der Waals surface area contributed by atoms with Crippen LogP contribution in [-0.2, 0) is 11.3 Å². The number of carbonyl (C=O) groups excluding carboxylic acids is 1. The van der Waals surface area contributed by atoms with Gasteiger partial charge in [0.15, 0.2) is 0 Å². The third kappa shape index (κ3) is 3.23. The molecule has 0 bridgehead atoms. The smallest absolute Gasteiger partial charge is 0.240 e. The van der Waals surface area contributed by atoms with E-state index in [0.29, 0.717) is 12.5 Å². The summed E-state index contributed by atoms with van der Waals surface area (Å²) < 4.78 is 2.07. The zero-order chi connectivity index (χ0) is 16.4. The second-order valence-corrected chi connectivity index (χ2v) is 7.22. The van der Waals surface area contributed by atoms with Crippen LogP contribution in [-0.4, -0.2) is 22.0 Å². The van der Waals surface area contributed by atoms with Crippen molar-refractivity contribution in [2.75, 3.05) is 6.54 Å². The molecule has 1 aromatic carbocycles. The van der Waals surface area contributed by atoms with E-state index in [-0.39, 0.29) is 5.91 Å². The van der Waals surface area contributed by atoms with Crippen LogP contribution in [0.1, 0.15) is 50.3 Å². The highest BCUT2D eigenvalue weighted by atomic mass is 16.2. The summed E-state index contributed by atoms with van der Waals surface area (Å²) in [6, 6.07) is 10.2. The van der Waals surface area contributed by atoms with Crippen molar-refractivity contribution in [2.24, 2.45) is 5.92 Å². The van der Waals surface area contributed by atoms with Gasteiger partial charge in [-0.1, -0.05) is 62.4 Å². The minimum Gasteiger partial charge on any atom is -0.354 e. The molecule has 1 atom stereocenters. The molecule has 0 saturated heterocycles. The molecule has 1 amide bonds. The van der Waals surface area contributed by atoms with E-state index in [1.165, 1.54) is 32.1 Å². The Balaban J connectivity index is 1.62. The molecule has 4 heteroatoms. The van der Waals surface area contributed by atoms with Gasteiger partial charge in [-0.2, -0.15) is 0 Å². The highest BCUT2D eigenvalue weighted by Crippen LogP contribution is 2.34. The van der Waals surface area contributed by atoms with Crippen molar-refractivity contribution < 1.29 is 4.79 Å². The van der Waals surface area contributed by atoms with E-state index in [0.717, 1.165) is 36.0 Å². The molecule has 1 aliphatic carbocycles. The molecular weight excluding hydrogens is 298 g/mol.